The second-order valence-electron chi connectivity index (χ2n) is 10.6. The second kappa shape index (κ2) is 13.8. The van der Waals surface area contributed by atoms with Gasteiger partial charge in [0.2, 0.25) is 11.2 Å². The molecule has 0 saturated carbocycles. The first-order valence-electron chi connectivity index (χ1n) is 13.8. The number of benzene rings is 1. The third-order valence-corrected chi connectivity index (χ3v) is 7.26. The molecule has 43 heavy (non-hydrogen) atoms. The van der Waals surface area contributed by atoms with Crippen molar-refractivity contribution in [1.29, 1.82) is 0 Å². The number of nitrogens with one attached hydrogen (secondary N) is 1. The van der Waals surface area contributed by atoms with Crippen LogP contribution in [0.25, 0.3) is 0 Å². The summed E-state index contributed by atoms with van der Waals surface area (Å²) in [6.07, 6.45) is 0.614. The number of hydrogen-bond acceptors (Lipinski definition) is 9. The molecule has 2 bridgehead atoms. The van der Waals surface area contributed by atoms with Gasteiger partial charge in [0.15, 0.2) is 5.69 Å². The number of hydrogen-bond donors (Lipinski definition) is 1. The van der Waals surface area contributed by atoms with Gasteiger partial charge in [-0.05, 0) is 39.7 Å². The van der Waals surface area contributed by atoms with Crippen LogP contribution in [0.1, 0.15) is 73.9 Å². The Hall–Kier alpha value is -4.33. The highest BCUT2D eigenvalue weighted by Gasteiger charge is 2.39. The zero-order chi connectivity index (χ0) is 31.3. The standard InChI is InChI=1S/C29H34F2N4O8.H2/c1-16-5-8-21-13-34(17(2)9-10-41-33-16)28(38)24-26(43-29(39)42-18(3)15-40-4)25(36)22(14-35(21)24)27(37)32-12-19-6-7-20(30)11-23(19)31;/h6-7,11,14,17-18,21H,5,8-10,12-13,15H2,1-4H3,(H,32,37);1H/b33-16-;/t17-,18+,21-;/m0./s1. The lowest BCUT2D eigenvalue weighted by Crippen LogP contribution is -2.49. The van der Waals surface area contributed by atoms with E-state index in [1.165, 1.54) is 23.9 Å². The molecule has 12 nitrogen and oxygen atoms in total. The molecule has 0 radical (unpaired) electrons. The number of fused-ring (bicyclic) bond motifs is 4. The first-order valence-corrected chi connectivity index (χ1v) is 13.8. The van der Waals surface area contributed by atoms with E-state index in [0.717, 1.165) is 6.07 Å². The van der Waals surface area contributed by atoms with Gasteiger partial charge in [-0.3, -0.25) is 14.4 Å². The normalized spacial score (nSPS) is 20.5. The largest absolute Gasteiger partial charge is 0.514 e. The Morgan fingerprint density at radius 3 is 2.74 bits per heavy atom. The summed E-state index contributed by atoms with van der Waals surface area (Å²) >= 11 is 0. The third kappa shape index (κ3) is 7.37. The molecule has 0 saturated heterocycles. The SMILES string of the molecule is COC[C@@H](C)OC(=O)Oc1c2n(cc(C(=O)NCc3ccc(F)cc3F)c1=O)[C@H]1CC/C(C)=N\OCC[C@H](C)N(C1)C2=O.[HH]. The predicted octanol–water partition coefficient (Wildman–Crippen LogP) is 3.81. The Morgan fingerprint density at radius 1 is 1.26 bits per heavy atom. The van der Waals surface area contributed by atoms with Gasteiger partial charge in [-0.15, -0.1) is 0 Å². The molecular weight excluding hydrogens is 570 g/mol. The fraction of sp³-hybridized carbons (Fsp3) is 0.483. The molecule has 0 spiro atoms. The van der Waals surface area contributed by atoms with Crippen LogP contribution < -0.4 is 15.5 Å². The van der Waals surface area contributed by atoms with Crippen LogP contribution >= 0.6 is 0 Å². The van der Waals surface area contributed by atoms with Crippen LogP contribution in [0.15, 0.2) is 34.3 Å². The summed E-state index contributed by atoms with van der Waals surface area (Å²) < 4.78 is 44.5. The Bertz CT molecular complexity index is 1480. The van der Waals surface area contributed by atoms with Gasteiger partial charge in [-0.2, -0.15) is 0 Å². The average Bonchev–Trinajstić information content (AvgIpc) is 2.97. The lowest BCUT2D eigenvalue weighted by Gasteiger charge is -2.39. The number of oxime groups is 1. The van der Waals surface area contributed by atoms with Crippen LogP contribution in [0, 0.1) is 11.6 Å². The second-order valence-corrected chi connectivity index (χ2v) is 10.6. The summed E-state index contributed by atoms with van der Waals surface area (Å²) in [6, 6.07) is 2.12. The zero-order valence-electron chi connectivity index (χ0n) is 24.4. The molecule has 1 aromatic heterocycles. The van der Waals surface area contributed by atoms with Crippen molar-refractivity contribution in [2.24, 2.45) is 5.16 Å². The summed E-state index contributed by atoms with van der Waals surface area (Å²) in [5.74, 6) is -3.82. The highest BCUT2D eigenvalue weighted by atomic mass is 19.1. The van der Waals surface area contributed by atoms with Crippen LogP contribution in [0.2, 0.25) is 0 Å². The number of aromatic nitrogens is 1. The van der Waals surface area contributed by atoms with Crippen molar-refractivity contribution < 1.29 is 43.6 Å². The van der Waals surface area contributed by atoms with E-state index in [1.54, 1.807) is 18.7 Å². The van der Waals surface area contributed by atoms with Crippen molar-refractivity contribution in [2.45, 2.75) is 64.8 Å². The minimum absolute atomic E-state index is 0. The van der Waals surface area contributed by atoms with E-state index < -0.39 is 58.5 Å². The lowest BCUT2D eigenvalue weighted by molar-refractivity contribution is 0.0239. The Labute approximate surface area is 248 Å². The maximum Gasteiger partial charge on any atom is 0.514 e. The lowest BCUT2D eigenvalue weighted by atomic mass is 10.0. The summed E-state index contributed by atoms with van der Waals surface area (Å²) in [5, 5.41) is 6.56. The van der Waals surface area contributed by atoms with Crippen molar-refractivity contribution in [2.75, 3.05) is 26.9 Å². The van der Waals surface area contributed by atoms with Gasteiger partial charge < -0.3 is 33.8 Å². The van der Waals surface area contributed by atoms with Crippen molar-refractivity contribution in [1.82, 2.24) is 14.8 Å². The molecule has 1 N–H and O–H groups in total. The van der Waals surface area contributed by atoms with Crippen LogP contribution in [0.3, 0.4) is 0 Å². The molecule has 2 aliphatic rings. The van der Waals surface area contributed by atoms with E-state index in [0.29, 0.717) is 31.0 Å². The highest BCUT2D eigenvalue weighted by molar-refractivity contribution is 6.00. The molecule has 3 heterocycles. The first-order chi connectivity index (χ1) is 20.5. The fourth-order valence-corrected chi connectivity index (χ4v) is 4.94. The van der Waals surface area contributed by atoms with Gasteiger partial charge >= 0.3 is 6.16 Å². The van der Waals surface area contributed by atoms with Gasteiger partial charge in [0.05, 0.1) is 18.4 Å². The minimum atomic E-state index is -1.26. The summed E-state index contributed by atoms with van der Waals surface area (Å²) in [5.41, 5.74) is -0.990. The van der Waals surface area contributed by atoms with Crippen LogP contribution in [0.5, 0.6) is 5.75 Å². The van der Waals surface area contributed by atoms with Crippen LogP contribution in [0.4, 0.5) is 13.6 Å². The molecule has 234 valence electrons. The van der Waals surface area contributed by atoms with E-state index in [9.17, 15) is 28.0 Å². The smallest absolute Gasteiger partial charge is 0.429 e. The van der Waals surface area contributed by atoms with E-state index in [2.05, 4.69) is 10.5 Å². The maximum absolute atomic E-state index is 14.2. The van der Waals surface area contributed by atoms with E-state index in [1.807, 2.05) is 6.92 Å². The molecule has 0 fully saturated rings. The van der Waals surface area contributed by atoms with Gasteiger partial charge in [0.25, 0.3) is 11.8 Å². The molecule has 4 rings (SSSR count). The summed E-state index contributed by atoms with van der Waals surface area (Å²) in [7, 11) is 1.41. The number of ether oxygens (including phenoxy) is 3. The number of amides is 2. The Kier molecular flexibility index (Phi) is 10.1. The number of rotatable bonds is 7. The van der Waals surface area contributed by atoms with E-state index in [-0.39, 0.29) is 45.0 Å². The number of methoxy groups -OCH3 is 1. The number of nitrogens with zero attached hydrogens (tertiary/aromatic N) is 3. The number of halogens is 2. The molecule has 2 amide bonds. The summed E-state index contributed by atoms with van der Waals surface area (Å²) in [4.78, 5) is 60.6. The minimum Gasteiger partial charge on any atom is -0.429 e. The number of carbonyl (C=O) groups is 3. The quantitative estimate of drug-likeness (QED) is 0.470. The van der Waals surface area contributed by atoms with Crippen molar-refractivity contribution in [3.05, 3.63) is 63.1 Å². The Balaban J connectivity index is 0.00000529. The van der Waals surface area contributed by atoms with Gasteiger partial charge in [-0.1, -0.05) is 11.2 Å². The molecule has 2 aliphatic heterocycles. The van der Waals surface area contributed by atoms with Gasteiger partial charge in [0.1, 0.15) is 29.9 Å². The summed E-state index contributed by atoms with van der Waals surface area (Å²) in [6.45, 7) is 5.38. The molecule has 14 heteroatoms. The molecule has 3 atom stereocenters. The maximum atomic E-state index is 14.2. The molecule has 0 aliphatic carbocycles. The van der Waals surface area contributed by atoms with E-state index >= 15 is 0 Å². The topological polar surface area (TPSA) is 138 Å². The molecule has 0 unspecified atom stereocenters. The molecule has 1 aromatic carbocycles. The fourth-order valence-electron chi connectivity index (χ4n) is 4.94. The zero-order valence-corrected chi connectivity index (χ0v) is 24.4. The average molecular weight is 607 g/mol. The Morgan fingerprint density at radius 2 is 2.02 bits per heavy atom. The monoisotopic (exact) mass is 606 g/mol. The first kappa shape index (κ1) is 31.6. The van der Waals surface area contributed by atoms with Crippen molar-refractivity contribution in [3.8, 4) is 5.75 Å². The van der Waals surface area contributed by atoms with Crippen LogP contribution in [-0.2, 0) is 20.9 Å². The van der Waals surface area contributed by atoms with Crippen molar-refractivity contribution >= 4 is 23.7 Å². The van der Waals surface area contributed by atoms with Gasteiger partial charge in [-0.25, -0.2) is 13.6 Å². The number of pyridine rings is 1. The predicted molar refractivity (Wildman–Crippen MR) is 151 cm³/mol. The highest BCUT2D eigenvalue weighted by Crippen LogP contribution is 2.32. The number of carbonyl (C=O) groups excluding carboxylic acids is 3. The van der Waals surface area contributed by atoms with E-state index in [4.69, 9.17) is 19.0 Å². The van der Waals surface area contributed by atoms with Gasteiger partial charge in [0, 0.05) is 51.9 Å². The van der Waals surface area contributed by atoms with Crippen LogP contribution in [-0.4, -0.2) is 72.2 Å². The molecule has 2 aromatic rings. The van der Waals surface area contributed by atoms with Crippen molar-refractivity contribution in [3.63, 3.8) is 0 Å². The third-order valence-electron chi connectivity index (χ3n) is 7.26. The molecular formula is C29H36F2N4O8.